The summed E-state index contributed by atoms with van der Waals surface area (Å²) < 4.78 is 13.7. The summed E-state index contributed by atoms with van der Waals surface area (Å²) in [6, 6.07) is 14.7. The fourth-order valence-electron chi connectivity index (χ4n) is 2.91. The van der Waals surface area contributed by atoms with E-state index in [1.54, 1.807) is 36.4 Å². The van der Waals surface area contributed by atoms with Gasteiger partial charge in [-0.3, -0.25) is 10.1 Å². The van der Waals surface area contributed by atoms with Gasteiger partial charge in [0.05, 0.1) is 16.9 Å². The second kappa shape index (κ2) is 8.52. The Morgan fingerprint density at radius 1 is 0.933 bits per heavy atom. The number of hydrogen-bond donors (Lipinski definition) is 1. The smallest absolute Gasteiger partial charge is 0.241 e. The fraction of sp³-hybridized carbons (Fsp3) is 0.0476. The van der Waals surface area contributed by atoms with Crippen LogP contribution in [0.2, 0.25) is 10.2 Å². The predicted molar refractivity (Wildman–Crippen MR) is 118 cm³/mol. The van der Waals surface area contributed by atoms with E-state index in [-0.39, 0.29) is 17.0 Å². The van der Waals surface area contributed by atoms with Crippen LogP contribution in [0.3, 0.4) is 0 Å². The highest BCUT2D eigenvalue weighted by Gasteiger charge is 2.16. The number of hydrogen-bond acceptors (Lipinski definition) is 4. The van der Waals surface area contributed by atoms with E-state index in [9.17, 15) is 9.18 Å². The van der Waals surface area contributed by atoms with Gasteiger partial charge in [0.1, 0.15) is 16.9 Å². The Morgan fingerprint density at radius 3 is 2.40 bits per heavy atom. The molecule has 0 atom stereocenters. The molecule has 0 aliphatic heterocycles. The average Bonchev–Trinajstić information content (AvgIpc) is 2.73. The van der Waals surface area contributed by atoms with Gasteiger partial charge < -0.3 is 0 Å². The molecule has 0 fully saturated rings. The van der Waals surface area contributed by atoms with E-state index in [4.69, 9.17) is 34.8 Å². The van der Waals surface area contributed by atoms with Crippen LogP contribution in [-0.4, -0.2) is 26.7 Å². The number of pyridine rings is 1. The first-order chi connectivity index (χ1) is 14.4. The molecule has 0 saturated heterocycles. The summed E-state index contributed by atoms with van der Waals surface area (Å²) in [7, 11) is 0. The summed E-state index contributed by atoms with van der Waals surface area (Å²) in [6.07, 6.45) is 0. The van der Waals surface area contributed by atoms with Crippen molar-refractivity contribution in [2.24, 2.45) is 0 Å². The molecule has 0 aliphatic carbocycles. The molecular weight excluding hydrogens is 450 g/mol. The van der Waals surface area contributed by atoms with Crippen molar-refractivity contribution >= 4 is 57.6 Å². The Kier molecular flexibility index (Phi) is 5.81. The zero-order valence-electron chi connectivity index (χ0n) is 15.2. The lowest BCUT2D eigenvalue weighted by Gasteiger charge is -2.11. The van der Waals surface area contributed by atoms with Gasteiger partial charge >= 0.3 is 0 Å². The minimum absolute atomic E-state index is 0.0310. The van der Waals surface area contributed by atoms with E-state index in [2.05, 4.69) is 20.3 Å². The molecule has 9 heteroatoms. The molecule has 5 nitrogen and oxygen atoms in total. The van der Waals surface area contributed by atoms with Crippen molar-refractivity contribution in [3.63, 3.8) is 0 Å². The zero-order chi connectivity index (χ0) is 21.3. The van der Waals surface area contributed by atoms with E-state index in [1.807, 2.05) is 6.07 Å². The van der Waals surface area contributed by atoms with E-state index >= 15 is 0 Å². The third-order valence-electron chi connectivity index (χ3n) is 4.25. The first-order valence-corrected chi connectivity index (χ1v) is 9.99. The van der Waals surface area contributed by atoms with E-state index in [0.29, 0.717) is 38.4 Å². The maximum absolute atomic E-state index is 13.7. The molecule has 0 radical (unpaired) electrons. The number of rotatable bonds is 4. The number of amides is 1. The van der Waals surface area contributed by atoms with Gasteiger partial charge in [-0.15, -0.1) is 11.6 Å². The maximum Gasteiger partial charge on any atom is 0.241 e. The molecule has 2 heterocycles. The molecule has 150 valence electrons. The Morgan fingerprint density at radius 2 is 1.67 bits per heavy atom. The molecule has 4 aromatic rings. The first-order valence-electron chi connectivity index (χ1n) is 8.70. The third-order valence-corrected chi connectivity index (χ3v) is 5.12. The molecule has 0 unspecified atom stereocenters. The molecule has 4 rings (SSSR count). The van der Waals surface area contributed by atoms with Crippen molar-refractivity contribution in [2.75, 3.05) is 11.2 Å². The van der Waals surface area contributed by atoms with Crippen molar-refractivity contribution in [1.82, 2.24) is 15.0 Å². The lowest BCUT2D eigenvalue weighted by molar-refractivity contribution is -0.114. The van der Waals surface area contributed by atoms with Crippen molar-refractivity contribution in [1.29, 1.82) is 0 Å². The molecule has 30 heavy (non-hydrogen) atoms. The summed E-state index contributed by atoms with van der Waals surface area (Å²) >= 11 is 18.3. The normalized spacial score (nSPS) is 10.9. The van der Waals surface area contributed by atoms with Gasteiger partial charge in [-0.05, 0) is 36.4 Å². The molecular formula is C21H12Cl3FN4O. The molecule has 2 aromatic carbocycles. The SMILES string of the molecule is O=C(CCl)Nc1nc(-c2ccccc2Cl)cc(-c2cc3cc(F)ccc3nc2Cl)n1. The highest BCUT2D eigenvalue weighted by molar-refractivity contribution is 6.33. The van der Waals surface area contributed by atoms with E-state index in [0.717, 1.165) is 0 Å². The Bertz CT molecular complexity index is 1280. The summed E-state index contributed by atoms with van der Waals surface area (Å²) in [4.78, 5) is 24.9. The van der Waals surface area contributed by atoms with Crippen LogP contribution in [0.4, 0.5) is 10.3 Å². The summed E-state index contributed by atoms with van der Waals surface area (Å²) in [5.74, 6) is -1.09. The van der Waals surface area contributed by atoms with Gasteiger partial charge in [0.25, 0.3) is 0 Å². The van der Waals surface area contributed by atoms with Crippen LogP contribution in [0.25, 0.3) is 33.4 Å². The number of nitrogens with one attached hydrogen (secondary N) is 1. The van der Waals surface area contributed by atoms with Gasteiger partial charge in [0.15, 0.2) is 0 Å². The lowest BCUT2D eigenvalue weighted by Crippen LogP contribution is -2.15. The van der Waals surface area contributed by atoms with Crippen LogP contribution in [0.1, 0.15) is 0 Å². The molecule has 1 N–H and O–H groups in total. The fourth-order valence-corrected chi connectivity index (χ4v) is 3.45. The van der Waals surface area contributed by atoms with Gasteiger partial charge in [-0.1, -0.05) is 41.4 Å². The molecule has 2 aromatic heterocycles. The predicted octanol–water partition coefficient (Wildman–Crippen LogP) is 5.98. The molecule has 1 amide bonds. The lowest BCUT2D eigenvalue weighted by atomic mass is 10.1. The van der Waals surface area contributed by atoms with Crippen LogP contribution in [0.5, 0.6) is 0 Å². The summed E-state index contributed by atoms with van der Waals surface area (Å²) in [5, 5.41) is 3.74. The summed E-state index contributed by atoms with van der Waals surface area (Å²) in [5.41, 5.74) is 2.48. The molecule has 0 spiro atoms. The van der Waals surface area contributed by atoms with Crippen molar-refractivity contribution in [3.8, 4) is 22.5 Å². The van der Waals surface area contributed by atoms with Gasteiger partial charge in [-0.2, -0.15) is 0 Å². The standard InChI is InChI=1S/C21H12Cl3FN4O/c22-10-19(30)29-21-27-17(13-3-1-2-4-15(13)23)9-18(28-21)14-8-11-7-12(25)5-6-16(11)26-20(14)24/h1-9H,10H2,(H,27,28,29,30). The van der Waals surface area contributed by atoms with Crippen molar-refractivity contribution in [2.45, 2.75) is 0 Å². The monoisotopic (exact) mass is 460 g/mol. The molecule has 0 saturated carbocycles. The minimum Gasteiger partial charge on any atom is -0.293 e. The van der Waals surface area contributed by atoms with Crippen LogP contribution in [0, 0.1) is 5.82 Å². The second-order valence-electron chi connectivity index (χ2n) is 6.29. The van der Waals surface area contributed by atoms with Crippen LogP contribution < -0.4 is 5.32 Å². The highest BCUT2D eigenvalue weighted by Crippen LogP contribution is 2.33. The van der Waals surface area contributed by atoms with E-state index in [1.165, 1.54) is 12.1 Å². The highest BCUT2D eigenvalue weighted by atomic mass is 35.5. The second-order valence-corrected chi connectivity index (χ2v) is 7.32. The molecule has 0 bridgehead atoms. The van der Waals surface area contributed by atoms with Gasteiger partial charge in [-0.25, -0.2) is 19.3 Å². The Balaban J connectivity index is 1.92. The number of aromatic nitrogens is 3. The number of anilines is 1. The average molecular weight is 462 g/mol. The van der Waals surface area contributed by atoms with Crippen molar-refractivity contribution < 1.29 is 9.18 Å². The Hall–Kier alpha value is -2.80. The topological polar surface area (TPSA) is 67.8 Å². The number of carbonyl (C=O) groups excluding carboxylic acids is 1. The van der Waals surface area contributed by atoms with Crippen molar-refractivity contribution in [3.05, 3.63) is 70.6 Å². The minimum atomic E-state index is -0.469. The van der Waals surface area contributed by atoms with E-state index < -0.39 is 11.7 Å². The number of nitrogens with zero attached hydrogens (tertiary/aromatic N) is 3. The van der Waals surface area contributed by atoms with Crippen LogP contribution >= 0.6 is 34.8 Å². The third kappa shape index (κ3) is 4.21. The van der Waals surface area contributed by atoms with Crippen LogP contribution in [0.15, 0.2) is 54.6 Å². The number of halogens is 4. The molecule has 0 aliphatic rings. The first kappa shape index (κ1) is 20.5. The maximum atomic E-state index is 13.7. The summed E-state index contributed by atoms with van der Waals surface area (Å²) in [6.45, 7) is 0. The quantitative estimate of drug-likeness (QED) is 0.300. The largest absolute Gasteiger partial charge is 0.293 e. The Labute approximate surface area is 185 Å². The van der Waals surface area contributed by atoms with Crippen LogP contribution in [-0.2, 0) is 4.79 Å². The zero-order valence-corrected chi connectivity index (χ0v) is 17.4. The number of alkyl halides is 1. The number of carbonyl (C=O) groups is 1. The number of benzene rings is 2. The number of fused-ring (bicyclic) bond motifs is 1. The van der Waals surface area contributed by atoms with Gasteiger partial charge in [0, 0.05) is 21.5 Å². The van der Waals surface area contributed by atoms with Gasteiger partial charge in [0.2, 0.25) is 11.9 Å².